The molecular weight excluding hydrogens is 316 g/mol. The van der Waals surface area contributed by atoms with Gasteiger partial charge in [0.15, 0.2) is 0 Å². The molecule has 0 heterocycles. The number of aliphatic hydroxyl groups excluding tert-OH is 1. The van der Waals surface area contributed by atoms with Crippen LogP contribution in [0.5, 0.6) is 0 Å². The van der Waals surface area contributed by atoms with Gasteiger partial charge in [-0.3, -0.25) is 9.59 Å². The number of hydrogen-bond donors (Lipinski definition) is 1. The lowest BCUT2D eigenvalue weighted by atomic mass is 10.2. The fourth-order valence-electron chi connectivity index (χ4n) is 1.79. The fourth-order valence-corrected chi connectivity index (χ4v) is 1.79. The summed E-state index contributed by atoms with van der Waals surface area (Å²) in [7, 11) is 0. The van der Waals surface area contributed by atoms with Gasteiger partial charge in [0, 0.05) is 25.5 Å². The summed E-state index contributed by atoms with van der Waals surface area (Å²) in [6, 6.07) is 0. The number of unbranched alkanes of at least 4 members (excludes halogenated alkanes) is 4. The van der Waals surface area contributed by atoms with E-state index < -0.39 is 5.97 Å². The predicted octanol–water partition coefficient (Wildman–Crippen LogP) is 1.92. The molecule has 0 aromatic rings. The van der Waals surface area contributed by atoms with Crippen LogP contribution in [-0.4, -0.2) is 49.4 Å². The smallest absolute Gasteiger partial charge is 0.330 e. The minimum Gasteiger partial charge on any atom is -0.466 e. The summed E-state index contributed by atoms with van der Waals surface area (Å²) in [6.45, 7) is 3.81. The lowest BCUT2D eigenvalue weighted by Crippen LogP contribution is -2.12. The Morgan fingerprint density at radius 2 is 1.29 bits per heavy atom. The summed E-state index contributed by atoms with van der Waals surface area (Å²) in [5.41, 5.74) is 0. The molecule has 0 unspecified atom stereocenters. The number of aliphatic hydroxyl groups is 1. The average molecular weight is 344 g/mol. The van der Waals surface area contributed by atoms with Crippen molar-refractivity contribution in [2.45, 2.75) is 51.4 Å². The first kappa shape index (κ1) is 22.1. The number of hydrogen-bond acceptors (Lipinski definition) is 7. The van der Waals surface area contributed by atoms with E-state index in [1.165, 1.54) is 0 Å². The van der Waals surface area contributed by atoms with Crippen LogP contribution in [0.15, 0.2) is 12.7 Å². The van der Waals surface area contributed by atoms with Crippen molar-refractivity contribution in [3.8, 4) is 0 Å². The second-order valence-corrected chi connectivity index (χ2v) is 5.16. The Kier molecular flexibility index (Phi) is 14.7. The van der Waals surface area contributed by atoms with Gasteiger partial charge in [0.2, 0.25) is 0 Å². The van der Waals surface area contributed by atoms with E-state index in [1.807, 2.05) is 0 Å². The third-order valence-electron chi connectivity index (χ3n) is 3.08. The van der Waals surface area contributed by atoms with Crippen molar-refractivity contribution >= 4 is 17.9 Å². The van der Waals surface area contributed by atoms with E-state index in [0.717, 1.165) is 25.3 Å². The first-order valence-electron chi connectivity index (χ1n) is 8.31. The van der Waals surface area contributed by atoms with Crippen LogP contribution >= 0.6 is 0 Å². The van der Waals surface area contributed by atoms with Crippen molar-refractivity contribution in [2.24, 2.45) is 0 Å². The van der Waals surface area contributed by atoms with E-state index in [0.29, 0.717) is 32.3 Å². The molecule has 7 heteroatoms. The lowest BCUT2D eigenvalue weighted by Gasteiger charge is -2.06. The molecular formula is C17H28O7. The molecule has 0 rings (SSSR count). The van der Waals surface area contributed by atoms with Crippen molar-refractivity contribution in [3.63, 3.8) is 0 Å². The maximum Gasteiger partial charge on any atom is 0.330 e. The third kappa shape index (κ3) is 15.0. The maximum atomic E-state index is 11.4. The van der Waals surface area contributed by atoms with Gasteiger partial charge in [-0.1, -0.05) is 13.0 Å². The predicted molar refractivity (Wildman–Crippen MR) is 87.1 cm³/mol. The van der Waals surface area contributed by atoms with E-state index in [9.17, 15) is 14.4 Å². The molecule has 0 radical (unpaired) electrons. The third-order valence-corrected chi connectivity index (χ3v) is 3.08. The fraction of sp³-hybridized carbons (Fsp3) is 0.706. The normalized spacial score (nSPS) is 10.0. The first-order valence-corrected chi connectivity index (χ1v) is 8.31. The van der Waals surface area contributed by atoms with Gasteiger partial charge in [-0.05, 0) is 32.1 Å². The molecule has 0 fully saturated rings. The van der Waals surface area contributed by atoms with E-state index >= 15 is 0 Å². The van der Waals surface area contributed by atoms with Crippen LogP contribution in [0.25, 0.3) is 0 Å². The highest BCUT2D eigenvalue weighted by molar-refractivity contribution is 5.81. The van der Waals surface area contributed by atoms with Crippen LogP contribution in [0.2, 0.25) is 0 Å². The monoisotopic (exact) mass is 344 g/mol. The molecule has 138 valence electrons. The van der Waals surface area contributed by atoms with E-state index in [-0.39, 0.29) is 38.2 Å². The van der Waals surface area contributed by atoms with Crippen LogP contribution in [0.4, 0.5) is 0 Å². The summed E-state index contributed by atoms with van der Waals surface area (Å²) in [5.74, 6) is -1.11. The molecule has 0 spiro atoms. The molecule has 0 bridgehead atoms. The summed E-state index contributed by atoms with van der Waals surface area (Å²) in [6.07, 6.45) is 6.08. The topological polar surface area (TPSA) is 99.1 Å². The van der Waals surface area contributed by atoms with Crippen LogP contribution in [0.3, 0.4) is 0 Å². The summed E-state index contributed by atoms with van der Waals surface area (Å²) >= 11 is 0. The van der Waals surface area contributed by atoms with Gasteiger partial charge in [0.1, 0.15) is 13.2 Å². The summed E-state index contributed by atoms with van der Waals surface area (Å²) in [5, 5.41) is 8.61. The zero-order valence-corrected chi connectivity index (χ0v) is 14.2. The Bertz CT molecular complexity index is 379. The van der Waals surface area contributed by atoms with E-state index in [1.54, 1.807) is 0 Å². The maximum absolute atomic E-state index is 11.4. The highest BCUT2D eigenvalue weighted by Gasteiger charge is 2.05. The van der Waals surface area contributed by atoms with Gasteiger partial charge < -0.3 is 19.3 Å². The van der Waals surface area contributed by atoms with E-state index in [4.69, 9.17) is 14.6 Å². The van der Waals surface area contributed by atoms with Crippen molar-refractivity contribution in [2.75, 3.05) is 26.4 Å². The zero-order valence-electron chi connectivity index (χ0n) is 14.2. The van der Waals surface area contributed by atoms with Gasteiger partial charge in [0.05, 0.1) is 6.61 Å². The van der Waals surface area contributed by atoms with Gasteiger partial charge in [-0.15, -0.1) is 0 Å². The molecule has 0 saturated carbocycles. The van der Waals surface area contributed by atoms with E-state index in [2.05, 4.69) is 11.3 Å². The molecule has 0 atom stereocenters. The Labute approximate surface area is 143 Å². The molecule has 0 aromatic heterocycles. The second-order valence-electron chi connectivity index (χ2n) is 5.16. The number of ether oxygens (including phenoxy) is 3. The number of carbonyl (C=O) groups excluding carboxylic acids is 3. The minimum atomic E-state index is -0.547. The lowest BCUT2D eigenvalue weighted by molar-refractivity contribution is -0.149. The molecule has 1 N–H and O–H groups in total. The van der Waals surface area contributed by atoms with Crippen LogP contribution in [0, 0.1) is 0 Å². The first-order chi connectivity index (χ1) is 11.6. The van der Waals surface area contributed by atoms with Gasteiger partial charge in [-0.25, -0.2) is 4.79 Å². The van der Waals surface area contributed by atoms with Crippen LogP contribution in [0.1, 0.15) is 51.4 Å². The molecule has 7 nitrogen and oxygen atoms in total. The molecule has 0 aliphatic rings. The van der Waals surface area contributed by atoms with Crippen molar-refractivity contribution in [1.29, 1.82) is 0 Å². The van der Waals surface area contributed by atoms with Gasteiger partial charge >= 0.3 is 17.9 Å². The summed E-state index contributed by atoms with van der Waals surface area (Å²) in [4.78, 5) is 33.5. The average Bonchev–Trinajstić information content (AvgIpc) is 2.58. The SMILES string of the molecule is C=CC(=O)OCCOC(=O)CCCCCOC(=O)CCCCCO. The van der Waals surface area contributed by atoms with Crippen LogP contribution < -0.4 is 0 Å². The molecule has 0 aliphatic carbocycles. The van der Waals surface area contributed by atoms with Crippen molar-refractivity contribution in [3.05, 3.63) is 12.7 Å². The van der Waals surface area contributed by atoms with Gasteiger partial charge in [0.25, 0.3) is 0 Å². The number of rotatable bonds is 15. The largest absolute Gasteiger partial charge is 0.466 e. The number of carbonyl (C=O) groups is 3. The molecule has 0 amide bonds. The molecule has 0 saturated heterocycles. The quantitative estimate of drug-likeness (QED) is 0.210. The van der Waals surface area contributed by atoms with Crippen molar-refractivity contribution in [1.82, 2.24) is 0 Å². The number of esters is 3. The molecule has 24 heavy (non-hydrogen) atoms. The molecule has 0 aromatic carbocycles. The van der Waals surface area contributed by atoms with Crippen molar-refractivity contribution < 1.29 is 33.7 Å². The van der Waals surface area contributed by atoms with Gasteiger partial charge in [-0.2, -0.15) is 0 Å². The summed E-state index contributed by atoms with van der Waals surface area (Å²) < 4.78 is 14.6. The Morgan fingerprint density at radius 1 is 0.750 bits per heavy atom. The Hall–Kier alpha value is -1.89. The Balaban J connectivity index is 3.36. The minimum absolute atomic E-state index is 0.0187. The zero-order chi connectivity index (χ0) is 18.0. The molecule has 0 aliphatic heterocycles. The standard InChI is InChI=1S/C17H28O7/c1-2-15(19)23-13-14-24-17(21)10-6-4-8-12-22-16(20)9-5-3-7-11-18/h2,18H,1,3-14H2. The Morgan fingerprint density at radius 3 is 1.88 bits per heavy atom. The highest BCUT2D eigenvalue weighted by atomic mass is 16.6. The second kappa shape index (κ2) is 16.0. The highest BCUT2D eigenvalue weighted by Crippen LogP contribution is 2.04. The van der Waals surface area contributed by atoms with Crippen LogP contribution in [-0.2, 0) is 28.6 Å².